The number of nitrogens with one attached hydrogen (secondary N) is 1. The predicted molar refractivity (Wildman–Crippen MR) is 88.6 cm³/mol. The van der Waals surface area contributed by atoms with Crippen molar-refractivity contribution in [3.05, 3.63) is 36.3 Å². The van der Waals surface area contributed by atoms with E-state index in [1.165, 1.54) is 35.3 Å². The highest BCUT2D eigenvalue weighted by molar-refractivity contribution is 5.79. The van der Waals surface area contributed by atoms with E-state index >= 15 is 0 Å². The number of nitrogens with zero attached hydrogens (tertiary/aromatic N) is 2. The first-order valence-corrected chi connectivity index (χ1v) is 8.08. The smallest absolute Gasteiger partial charge is 0.0953 e. The van der Waals surface area contributed by atoms with Gasteiger partial charge in [-0.15, -0.1) is 0 Å². The first kappa shape index (κ1) is 14.2. The van der Waals surface area contributed by atoms with E-state index in [0.717, 1.165) is 18.9 Å². The maximum Gasteiger partial charge on any atom is 0.0953 e. The molecule has 0 fully saturated rings. The fraction of sp³-hybridized carbons (Fsp3) is 0.500. The lowest BCUT2D eigenvalue weighted by Crippen LogP contribution is -2.10. The standard InChI is InChI=1S/C18H25N3/c1-4-13(2)10-14(3)21-12-19-11-17(21)16-7-5-6-15-8-9-20-18(15)16/h5-7,11-14,20H,4,8-10H2,1-3H3. The van der Waals surface area contributed by atoms with Gasteiger partial charge in [-0.25, -0.2) is 4.98 Å². The Labute approximate surface area is 127 Å². The number of fused-ring (bicyclic) bond motifs is 1. The Morgan fingerprint density at radius 2 is 2.19 bits per heavy atom. The van der Waals surface area contributed by atoms with Gasteiger partial charge in [-0.2, -0.15) is 0 Å². The first-order valence-electron chi connectivity index (χ1n) is 8.08. The van der Waals surface area contributed by atoms with Crippen molar-refractivity contribution in [2.45, 2.75) is 46.1 Å². The third-order valence-electron chi connectivity index (χ3n) is 4.70. The van der Waals surface area contributed by atoms with Gasteiger partial charge in [-0.1, -0.05) is 38.5 Å². The second-order valence-electron chi connectivity index (χ2n) is 6.30. The van der Waals surface area contributed by atoms with Gasteiger partial charge in [-0.3, -0.25) is 0 Å². The Bertz CT molecular complexity index is 615. The summed E-state index contributed by atoms with van der Waals surface area (Å²) >= 11 is 0. The van der Waals surface area contributed by atoms with Crippen molar-refractivity contribution in [2.24, 2.45) is 5.92 Å². The van der Waals surface area contributed by atoms with Crippen LogP contribution < -0.4 is 5.32 Å². The summed E-state index contributed by atoms with van der Waals surface area (Å²) in [4.78, 5) is 4.41. The lowest BCUT2D eigenvalue weighted by molar-refractivity contribution is 0.400. The quantitative estimate of drug-likeness (QED) is 0.874. The summed E-state index contributed by atoms with van der Waals surface area (Å²) in [6, 6.07) is 7.08. The van der Waals surface area contributed by atoms with Gasteiger partial charge in [0.1, 0.15) is 0 Å². The Hall–Kier alpha value is -1.77. The highest BCUT2D eigenvalue weighted by Crippen LogP contribution is 2.35. The number of hydrogen-bond acceptors (Lipinski definition) is 2. The van der Waals surface area contributed by atoms with Crippen molar-refractivity contribution in [1.29, 1.82) is 0 Å². The molecule has 2 heterocycles. The Morgan fingerprint density at radius 1 is 1.33 bits per heavy atom. The van der Waals surface area contributed by atoms with E-state index in [4.69, 9.17) is 0 Å². The lowest BCUT2D eigenvalue weighted by atomic mass is 9.99. The average molecular weight is 283 g/mol. The van der Waals surface area contributed by atoms with Crippen molar-refractivity contribution >= 4 is 5.69 Å². The molecule has 0 saturated carbocycles. The minimum atomic E-state index is 0.481. The molecule has 1 aliphatic rings. The molecule has 1 aromatic carbocycles. The van der Waals surface area contributed by atoms with Crippen LogP contribution in [0, 0.1) is 5.92 Å². The number of aromatic nitrogens is 2. The highest BCUT2D eigenvalue weighted by atomic mass is 15.1. The number of para-hydroxylation sites is 1. The van der Waals surface area contributed by atoms with Crippen molar-refractivity contribution in [2.75, 3.05) is 11.9 Å². The highest BCUT2D eigenvalue weighted by Gasteiger charge is 2.19. The zero-order valence-electron chi connectivity index (χ0n) is 13.3. The topological polar surface area (TPSA) is 29.9 Å². The molecule has 2 aromatic rings. The molecule has 0 bridgehead atoms. The van der Waals surface area contributed by atoms with Gasteiger partial charge >= 0.3 is 0 Å². The summed E-state index contributed by atoms with van der Waals surface area (Å²) in [5.74, 6) is 0.745. The molecule has 0 amide bonds. The second kappa shape index (κ2) is 5.92. The van der Waals surface area contributed by atoms with Crippen LogP contribution in [0.3, 0.4) is 0 Å². The van der Waals surface area contributed by atoms with Gasteiger partial charge in [0.05, 0.1) is 18.2 Å². The maximum atomic E-state index is 4.41. The fourth-order valence-corrected chi connectivity index (χ4v) is 3.28. The Kier molecular flexibility index (Phi) is 4.00. The molecule has 1 N–H and O–H groups in total. The van der Waals surface area contributed by atoms with Crippen LogP contribution in [0.5, 0.6) is 0 Å². The van der Waals surface area contributed by atoms with Gasteiger partial charge in [0.2, 0.25) is 0 Å². The minimum absolute atomic E-state index is 0.481. The van der Waals surface area contributed by atoms with E-state index < -0.39 is 0 Å². The summed E-state index contributed by atoms with van der Waals surface area (Å²) in [6.45, 7) is 7.94. The summed E-state index contributed by atoms with van der Waals surface area (Å²) in [6.07, 6.45) is 7.54. The van der Waals surface area contributed by atoms with Crippen molar-refractivity contribution < 1.29 is 0 Å². The van der Waals surface area contributed by atoms with Crippen LogP contribution in [0.2, 0.25) is 0 Å². The van der Waals surface area contributed by atoms with Gasteiger partial charge in [-0.05, 0) is 31.2 Å². The van der Waals surface area contributed by atoms with Crippen LogP contribution >= 0.6 is 0 Å². The molecule has 1 aromatic heterocycles. The molecule has 2 unspecified atom stereocenters. The molecule has 1 aliphatic heterocycles. The van der Waals surface area contributed by atoms with Gasteiger partial charge in [0.15, 0.2) is 0 Å². The second-order valence-corrected chi connectivity index (χ2v) is 6.30. The van der Waals surface area contributed by atoms with Crippen LogP contribution in [0.4, 0.5) is 5.69 Å². The summed E-state index contributed by atoms with van der Waals surface area (Å²) in [7, 11) is 0. The predicted octanol–water partition coefficient (Wildman–Crippen LogP) is 4.52. The molecule has 3 heteroatoms. The SMILES string of the molecule is CCC(C)CC(C)n1cncc1-c1cccc2c1NCC2. The molecule has 2 atom stereocenters. The van der Waals surface area contributed by atoms with Crippen molar-refractivity contribution in [3.8, 4) is 11.3 Å². The van der Waals surface area contributed by atoms with E-state index in [2.05, 4.69) is 53.8 Å². The number of imidazole rings is 1. The van der Waals surface area contributed by atoms with E-state index in [1.807, 2.05) is 12.5 Å². The van der Waals surface area contributed by atoms with Crippen molar-refractivity contribution in [1.82, 2.24) is 9.55 Å². The first-order chi connectivity index (χ1) is 10.2. The molecule has 0 saturated heterocycles. The molecular weight excluding hydrogens is 258 g/mol. The van der Waals surface area contributed by atoms with Crippen LogP contribution in [0.1, 0.15) is 45.2 Å². The Balaban J connectivity index is 1.94. The van der Waals surface area contributed by atoms with E-state index in [1.54, 1.807) is 0 Å². The average Bonchev–Trinajstić information content (AvgIpc) is 3.15. The summed E-state index contributed by atoms with van der Waals surface area (Å²) < 4.78 is 2.34. The zero-order valence-corrected chi connectivity index (χ0v) is 13.3. The van der Waals surface area contributed by atoms with Crippen LogP contribution in [-0.2, 0) is 6.42 Å². The van der Waals surface area contributed by atoms with Gasteiger partial charge in [0.25, 0.3) is 0 Å². The number of hydrogen-bond donors (Lipinski definition) is 1. The lowest BCUT2D eigenvalue weighted by Gasteiger charge is -2.20. The van der Waals surface area contributed by atoms with Gasteiger partial charge in [0, 0.05) is 23.8 Å². The normalized spacial score (nSPS) is 16.3. The minimum Gasteiger partial charge on any atom is -0.384 e. The van der Waals surface area contributed by atoms with Crippen LogP contribution in [0.15, 0.2) is 30.7 Å². The Morgan fingerprint density at radius 3 is 3.00 bits per heavy atom. The molecule has 0 spiro atoms. The fourth-order valence-electron chi connectivity index (χ4n) is 3.28. The molecule has 0 radical (unpaired) electrons. The number of rotatable bonds is 5. The van der Waals surface area contributed by atoms with E-state index in [-0.39, 0.29) is 0 Å². The van der Waals surface area contributed by atoms with Gasteiger partial charge < -0.3 is 9.88 Å². The third kappa shape index (κ3) is 2.69. The van der Waals surface area contributed by atoms with E-state index in [0.29, 0.717) is 6.04 Å². The maximum absolute atomic E-state index is 4.41. The zero-order chi connectivity index (χ0) is 14.8. The molecule has 112 valence electrons. The molecule has 21 heavy (non-hydrogen) atoms. The molecule has 3 nitrogen and oxygen atoms in total. The molecule has 3 rings (SSSR count). The van der Waals surface area contributed by atoms with Crippen LogP contribution in [-0.4, -0.2) is 16.1 Å². The van der Waals surface area contributed by atoms with Crippen LogP contribution in [0.25, 0.3) is 11.3 Å². The summed E-state index contributed by atoms with van der Waals surface area (Å²) in [5, 5.41) is 3.53. The molecule has 0 aliphatic carbocycles. The monoisotopic (exact) mass is 283 g/mol. The largest absolute Gasteiger partial charge is 0.384 e. The molecular formula is C18H25N3. The summed E-state index contributed by atoms with van der Waals surface area (Å²) in [5.41, 5.74) is 5.25. The van der Waals surface area contributed by atoms with Crippen molar-refractivity contribution in [3.63, 3.8) is 0 Å². The third-order valence-corrected chi connectivity index (χ3v) is 4.70. The number of benzene rings is 1. The number of anilines is 1. The van der Waals surface area contributed by atoms with E-state index in [9.17, 15) is 0 Å².